The van der Waals surface area contributed by atoms with Gasteiger partial charge in [0.1, 0.15) is 0 Å². The van der Waals surface area contributed by atoms with Crippen molar-refractivity contribution in [3.8, 4) is 0 Å². The van der Waals surface area contributed by atoms with E-state index >= 15 is 0 Å². The third-order valence-corrected chi connectivity index (χ3v) is 3.54. The fraction of sp³-hybridized carbons (Fsp3) is 0.400. The molecule has 2 heterocycles. The van der Waals surface area contributed by atoms with Gasteiger partial charge in [-0.1, -0.05) is 0 Å². The zero-order valence-electron chi connectivity index (χ0n) is 11.3. The Kier molecular flexibility index (Phi) is 3.15. The van der Waals surface area contributed by atoms with E-state index in [9.17, 15) is 0 Å². The van der Waals surface area contributed by atoms with Crippen molar-refractivity contribution >= 4 is 5.95 Å². The highest BCUT2D eigenvalue weighted by Crippen LogP contribution is 2.31. The summed E-state index contributed by atoms with van der Waals surface area (Å²) in [5.41, 5.74) is 4.68. The Morgan fingerprint density at radius 2 is 2.00 bits per heavy atom. The molecule has 19 heavy (non-hydrogen) atoms. The van der Waals surface area contributed by atoms with Gasteiger partial charge >= 0.3 is 0 Å². The molecule has 0 amide bonds. The molecule has 1 atom stereocenters. The van der Waals surface area contributed by atoms with Gasteiger partial charge in [-0.2, -0.15) is 0 Å². The van der Waals surface area contributed by atoms with E-state index in [0.717, 1.165) is 30.2 Å². The van der Waals surface area contributed by atoms with Crippen LogP contribution in [-0.2, 0) is 6.42 Å². The molecular formula is C15H18N4. The smallest absolute Gasteiger partial charge is 0.223 e. The normalized spacial score (nSPS) is 17.9. The second-order valence-corrected chi connectivity index (χ2v) is 5.14. The predicted molar refractivity (Wildman–Crippen MR) is 75.0 cm³/mol. The quantitative estimate of drug-likeness (QED) is 0.895. The monoisotopic (exact) mass is 254 g/mol. The summed E-state index contributed by atoms with van der Waals surface area (Å²) < 4.78 is 0. The topological polar surface area (TPSA) is 50.7 Å². The van der Waals surface area contributed by atoms with E-state index < -0.39 is 0 Å². The Hall–Kier alpha value is -1.97. The summed E-state index contributed by atoms with van der Waals surface area (Å²) in [5, 5.41) is 3.47. The minimum Gasteiger partial charge on any atom is -0.347 e. The Labute approximate surface area is 113 Å². The van der Waals surface area contributed by atoms with Crippen LogP contribution in [0, 0.1) is 13.8 Å². The number of fused-ring (bicyclic) bond motifs is 1. The molecule has 2 aromatic rings. The maximum Gasteiger partial charge on any atom is 0.223 e. The van der Waals surface area contributed by atoms with Crippen molar-refractivity contribution in [2.24, 2.45) is 0 Å². The van der Waals surface area contributed by atoms with Crippen LogP contribution in [0.4, 0.5) is 5.95 Å². The summed E-state index contributed by atoms with van der Waals surface area (Å²) in [7, 11) is 0. The van der Waals surface area contributed by atoms with Crippen molar-refractivity contribution < 1.29 is 0 Å². The fourth-order valence-electron chi connectivity index (χ4n) is 2.74. The van der Waals surface area contributed by atoms with E-state index in [2.05, 4.69) is 26.3 Å². The molecule has 0 radical (unpaired) electrons. The maximum absolute atomic E-state index is 4.46. The van der Waals surface area contributed by atoms with Gasteiger partial charge < -0.3 is 5.32 Å². The first-order valence-corrected chi connectivity index (χ1v) is 6.74. The molecule has 4 nitrogen and oxygen atoms in total. The third kappa shape index (κ3) is 2.57. The molecule has 1 N–H and O–H groups in total. The Morgan fingerprint density at radius 1 is 1.21 bits per heavy atom. The van der Waals surface area contributed by atoms with Gasteiger partial charge in [0.05, 0.1) is 6.04 Å². The van der Waals surface area contributed by atoms with Crippen LogP contribution >= 0.6 is 0 Å². The van der Waals surface area contributed by atoms with Crippen molar-refractivity contribution in [2.45, 2.75) is 39.2 Å². The average molecular weight is 254 g/mol. The van der Waals surface area contributed by atoms with E-state index in [1.807, 2.05) is 32.3 Å². The molecule has 2 aromatic heterocycles. The number of nitrogens with one attached hydrogen (secondary N) is 1. The number of hydrogen-bond acceptors (Lipinski definition) is 4. The summed E-state index contributed by atoms with van der Waals surface area (Å²) >= 11 is 0. The van der Waals surface area contributed by atoms with Gasteiger partial charge in [0.15, 0.2) is 0 Å². The van der Waals surface area contributed by atoms with Crippen LogP contribution in [0.2, 0.25) is 0 Å². The largest absolute Gasteiger partial charge is 0.347 e. The first-order valence-electron chi connectivity index (χ1n) is 6.74. The Bertz CT molecular complexity index is 574. The number of nitrogens with zero attached hydrogens (tertiary/aromatic N) is 3. The zero-order valence-corrected chi connectivity index (χ0v) is 11.3. The summed E-state index contributed by atoms with van der Waals surface area (Å²) in [6.07, 6.45) is 7.26. The first-order chi connectivity index (χ1) is 9.22. The number of pyridine rings is 1. The van der Waals surface area contributed by atoms with Gasteiger partial charge in [-0.3, -0.25) is 4.98 Å². The van der Waals surface area contributed by atoms with Crippen molar-refractivity contribution in [3.63, 3.8) is 0 Å². The van der Waals surface area contributed by atoms with Crippen molar-refractivity contribution in [3.05, 3.63) is 47.0 Å². The molecule has 1 aliphatic carbocycles. The number of hydrogen-bond donors (Lipinski definition) is 1. The molecule has 0 fully saturated rings. The van der Waals surface area contributed by atoms with Crippen molar-refractivity contribution in [1.82, 2.24) is 15.0 Å². The molecule has 0 spiro atoms. The summed E-state index contributed by atoms with van der Waals surface area (Å²) in [6, 6.07) is 4.39. The van der Waals surface area contributed by atoms with Crippen LogP contribution in [0.3, 0.4) is 0 Å². The molecule has 0 aromatic carbocycles. The lowest BCUT2D eigenvalue weighted by Crippen LogP contribution is -2.19. The first kappa shape index (κ1) is 12.1. The molecule has 0 aliphatic heterocycles. The zero-order chi connectivity index (χ0) is 13.2. The van der Waals surface area contributed by atoms with Gasteiger partial charge in [0, 0.05) is 23.8 Å². The molecule has 1 aliphatic rings. The molecule has 0 bridgehead atoms. The Balaban J connectivity index is 1.88. The predicted octanol–water partition coefficient (Wildman–Crippen LogP) is 2.98. The lowest BCUT2D eigenvalue weighted by atomic mass is 9.89. The van der Waals surface area contributed by atoms with Gasteiger partial charge in [0.2, 0.25) is 5.95 Å². The number of aryl methyl sites for hydroxylation is 3. The average Bonchev–Trinajstić information content (AvgIpc) is 2.38. The summed E-state index contributed by atoms with van der Waals surface area (Å²) in [4.78, 5) is 13.1. The minimum absolute atomic E-state index is 0.299. The van der Waals surface area contributed by atoms with Crippen LogP contribution in [-0.4, -0.2) is 15.0 Å². The highest BCUT2D eigenvalue weighted by Gasteiger charge is 2.20. The van der Waals surface area contributed by atoms with E-state index in [0.29, 0.717) is 6.04 Å². The molecule has 0 saturated carbocycles. The number of anilines is 1. The lowest BCUT2D eigenvalue weighted by molar-refractivity contribution is 0.593. The summed E-state index contributed by atoms with van der Waals surface area (Å²) in [6.45, 7) is 4.00. The number of rotatable bonds is 2. The molecule has 3 rings (SSSR count). The summed E-state index contributed by atoms with van der Waals surface area (Å²) in [5.74, 6) is 0.729. The molecule has 1 unspecified atom stereocenters. The van der Waals surface area contributed by atoms with Gasteiger partial charge in [-0.05, 0) is 56.4 Å². The van der Waals surface area contributed by atoms with Crippen LogP contribution in [0.25, 0.3) is 0 Å². The maximum atomic E-state index is 4.46. The van der Waals surface area contributed by atoms with Crippen LogP contribution in [0.1, 0.15) is 41.4 Å². The van der Waals surface area contributed by atoms with E-state index in [1.165, 1.54) is 17.5 Å². The van der Waals surface area contributed by atoms with Crippen LogP contribution in [0.5, 0.6) is 0 Å². The van der Waals surface area contributed by atoms with Crippen LogP contribution < -0.4 is 5.32 Å². The third-order valence-electron chi connectivity index (χ3n) is 3.54. The second kappa shape index (κ2) is 4.96. The Morgan fingerprint density at radius 3 is 2.79 bits per heavy atom. The van der Waals surface area contributed by atoms with E-state index in [-0.39, 0.29) is 0 Å². The van der Waals surface area contributed by atoms with Crippen molar-refractivity contribution in [2.75, 3.05) is 5.32 Å². The standard InChI is InChI=1S/C15H18N4/c1-10-8-11(2)18-15(17-10)19-14-5-3-4-12-9-16-7-6-13(12)14/h6-9,14H,3-5H2,1-2H3,(H,17,18,19). The van der Waals surface area contributed by atoms with E-state index in [4.69, 9.17) is 0 Å². The van der Waals surface area contributed by atoms with Gasteiger partial charge in [0.25, 0.3) is 0 Å². The molecule has 4 heteroatoms. The van der Waals surface area contributed by atoms with Gasteiger partial charge in [-0.25, -0.2) is 9.97 Å². The van der Waals surface area contributed by atoms with E-state index in [1.54, 1.807) is 0 Å². The molecule has 98 valence electrons. The lowest BCUT2D eigenvalue weighted by Gasteiger charge is -2.26. The molecular weight excluding hydrogens is 236 g/mol. The fourth-order valence-corrected chi connectivity index (χ4v) is 2.74. The molecule has 0 saturated heterocycles. The minimum atomic E-state index is 0.299. The van der Waals surface area contributed by atoms with Crippen molar-refractivity contribution in [1.29, 1.82) is 0 Å². The van der Waals surface area contributed by atoms with Crippen LogP contribution in [0.15, 0.2) is 24.5 Å². The highest BCUT2D eigenvalue weighted by molar-refractivity contribution is 5.37. The van der Waals surface area contributed by atoms with Gasteiger partial charge in [-0.15, -0.1) is 0 Å². The highest BCUT2D eigenvalue weighted by atomic mass is 15.1. The number of aromatic nitrogens is 3. The second-order valence-electron chi connectivity index (χ2n) is 5.14. The SMILES string of the molecule is Cc1cc(C)nc(NC2CCCc3cnccc32)n1.